The average molecular weight is 582 g/mol. The van der Waals surface area contributed by atoms with Gasteiger partial charge in [-0.2, -0.15) is 0 Å². The highest BCUT2D eigenvalue weighted by atomic mass is 32.2. The Kier molecular flexibility index (Phi) is 7.68. The van der Waals surface area contributed by atoms with Gasteiger partial charge in [0.25, 0.3) is 17.7 Å². The van der Waals surface area contributed by atoms with Gasteiger partial charge in [-0.15, -0.1) is 11.8 Å². The van der Waals surface area contributed by atoms with E-state index < -0.39 is 53.0 Å². The van der Waals surface area contributed by atoms with Gasteiger partial charge in [-0.05, 0) is 37.1 Å². The summed E-state index contributed by atoms with van der Waals surface area (Å²) in [5.74, 6) is -4.69. The summed E-state index contributed by atoms with van der Waals surface area (Å²) in [6.45, 7) is 0. The summed E-state index contributed by atoms with van der Waals surface area (Å²) >= 11 is 2.63. The Bertz CT molecular complexity index is 1430. The summed E-state index contributed by atoms with van der Waals surface area (Å²) in [6.07, 6.45) is -0.259. The van der Waals surface area contributed by atoms with Gasteiger partial charge in [-0.1, -0.05) is 42.1 Å². The van der Waals surface area contributed by atoms with Crippen LogP contribution in [0.5, 0.6) is 0 Å². The van der Waals surface area contributed by atoms with Gasteiger partial charge >= 0.3 is 11.9 Å². The molecule has 3 aliphatic rings. The molecular weight excluding hydrogens is 558 g/mol. The summed E-state index contributed by atoms with van der Waals surface area (Å²) in [7, 11) is 0. The highest BCUT2D eigenvalue weighted by molar-refractivity contribution is 8.06. The highest BCUT2D eigenvalue weighted by Gasteiger charge is 2.54. The number of fused-ring (bicyclic) bond motifs is 2. The number of thioether (sulfide) groups is 2. The van der Waals surface area contributed by atoms with E-state index in [0.29, 0.717) is 15.6 Å². The Balaban J connectivity index is 1.18. The maximum atomic E-state index is 12.9. The molecule has 0 aliphatic carbocycles. The molecule has 3 heterocycles. The second kappa shape index (κ2) is 11.2. The number of hydrogen-bond donors (Lipinski definition) is 3. The molecule has 5 rings (SSSR count). The van der Waals surface area contributed by atoms with Crippen LogP contribution in [0.1, 0.15) is 40.0 Å². The first-order chi connectivity index (χ1) is 19.2. The second-order valence-corrected chi connectivity index (χ2v) is 11.5. The Morgan fingerprint density at radius 3 is 2.20 bits per heavy atom. The Morgan fingerprint density at radius 1 is 0.975 bits per heavy atom. The number of carbonyl (C=O) groups is 6. The van der Waals surface area contributed by atoms with Crippen molar-refractivity contribution in [2.24, 2.45) is 0 Å². The fraction of sp³-hybridized carbons (Fsp3) is 0.259. The number of carbonyl (C=O) groups excluding carboxylic acids is 4. The quantitative estimate of drug-likeness (QED) is 0.281. The lowest BCUT2D eigenvalue weighted by Crippen LogP contribution is -2.70. The largest absolute Gasteiger partial charge is 0.480 e. The first-order valence-electron chi connectivity index (χ1n) is 12.3. The molecule has 0 radical (unpaired) electrons. The smallest absolute Gasteiger partial charge is 0.353 e. The van der Waals surface area contributed by atoms with Gasteiger partial charge in [-0.25, -0.2) is 9.59 Å². The third-order valence-electron chi connectivity index (χ3n) is 6.74. The molecule has 0 spiro atoms. The Hall–Kier alpha value is -4.10. The van der Waals surface area contributed by atoms with Gasteiger partial charge < -0.3 is 15.5 Å². The molecule has 2 aromatic carbocycles. The number of nitrogens with zero attached hydrogens (tertiary/aromatic N) is 2. The number of aliphatic carboxylic acids is 2. The molecule has 3 N–H and O–H groups in total. The zero-order valence-corrected chi connectivity index (χ0v) is 22.4. The lowest BCUT2D eigenvalue weighted by molar-refractivity contribution is -0.150. The first kappa shape index (κ1) is 27.5. The summed E-state index contributed by atoms with van der Waals surface area (Å²) in [5.41, 5.74) is 0.169. The zero-order valence-electron chi connectivity index (χ0n) is 20.8. The van der Waals surface area contributed by atoms with Crippen molar-refractivity contribution in [2.45, 2.75) is 41.6 Å². The summed E-state index contributed by atoms with van der Waals surface area (Å²) in [4.78, 5) is 78.1. The standard InChI is InChI=1S/C27H23N3O8S2/c31-19(12-6-11-17(26(35)36)29-22(32)15-9-4-5-10-16(15)23(29)33)28-20-24(34)30-21(27(37)38)18(13-39-25(20)30)40-14-7-2-1-3-8-14/h1-5,7-10,17,20,25H,6,11-13H2,(H,28,31)(H,35,36)(H,37,38)/t17?,20-,25+/m1/s1. The summed E-state index contributed by atoms with van der Waals surface area (Å²) in [5, 5.41) is 21.6. The van der Waals surface area contributed by atoms with E-state index in [1.54, 1.807) is 12.1 Å². The molecule has 206 valence electrons. The minimum Gasteiger partial charge on any atom is -0.480 e. The van der Waals surface area contributed by atoms with Crippen molar-refractivity contribution in [1.82, 2.24) is 15.1 Å². The van der Waals surface area contributed by atoms with E-state index in [4.69, 9.17) is 0 Å². The van der Waals surface area contributed by atoms with E-state index >= 15 is 0 Å². The predicted octanol–water partition coefficient (Wildman–Crippen LogP) is 2.39. The number of rotatable bonds is 10. The molecule has 1 unspecified atom stereocenters. The maximum absolute atomic E-state index is 12.9. The zero-order chi connectivity index (χ0) is 28.6. The minimum atomic E-state index is -1.45. The van der Waals surface area contributed by atoms with Crippen LogP contribution in [0.2, 0.25) is 0 Å². The van der Waals surface area contributed by atoms with Crippen LogP contribution in [0.25, 0.3) is 0 Å². The topological polar surface area (TPSA) is 161 Å². The van der Waals surface area contributed by atoms with Gasteiger partial charge in [0.1, 0.15) is 23.2 Å². The molecule has 0 saturated carbocycles. The maximum Gasteiger partial charge on any atom is 0.353 e. The fourth-order valence-corrected chi connectivity index (χ4v) is 7.35. The molecule has 3 aliphatic heterocycles. The van der Waals surface area contributed by atoms with Gasteiger partial charge in [0, 0.05) is 22.0 Å². The molecule has 11 nitrogen and oxygen atoms in total. The summed E-state index contributed by atoms with van der Waals surface area (Å²) < 4.78 is 0. The van der Waals surface area contributed by atoms with Crippen molar-refractivity contribution in [1.29, 1.82) is 0 Å². The normalized spacial score (nSPS) is 20.6. The molecule has 0 bridgehead atoms. The van der Waals surface area contributed by atoms with Gasteiger partial charge in [0.15, 0.2) is 0 Å². The second-order valence-electron chi connectivity index (χ2n) is 9.22. The van der Waals surface area contributed by atoms with Crippen LogP contribution in [0.3, 0.4) is 0 Å². The lowest BCUT2D eigenvalue weighted by Gasteiger charge is -2.49. The fourth-order valence-electron chi connectivity index (χ4n) is 4.86. The number of amides is 4. The molecule has 40 heavy (non-hydrogen) atoms. The Morgan fingerprint density at radius 2 is 1.60 bits per heavy atom. The third-order valence-corrected chi connectivity index (χ3v) is 9.29. The van der Waals surface area contributed by atoms with Crippen molar-refractivity contribution >= 4 is 59.1 Å². The van der Waals surface area contributed by atoms with Gasteiger partial charge in [-0.3, -0.25) is 29.0 Å². The number of imide groups is 1. The monoisotopic (exact) mass is 581 g/mol. The van der Waals surface area contributed by atoms with Crippen molar-refractivity contribution in [2.75, 3.05) is 5.75 Å². The molecule has 1 saturated heterocycles. The van der Waals surface area contributed by atoms with Crippen molar-refractivity contribution < 1.29 is 39.0 Å². The van der Waals surface area contributed by atoms with Crippen LogP contribution in [0, 0.1) is 0 Å². The van der Waals surface area contributed by atoms with Crippen LogP contribution >= 0.6 is 23.5 Å². The van der Waals surface area contributed by atoms with E-state index in [-0.39, 0.29) is 36.1 Å². The predicted molar refractivity (Wildman–Crippen MR) is 144 cm³/mol. The Labute approximate surface area is 236 Å². The van der Waals surface area contributed by atoms with Gasteiger partial charge in [0.05, 0.1) is 11.1 Å². The van der Waals surface area contributed by atoms with E-state index in [1.807, 2.05) is 30.3 Å². The molecule has 1 fully saturated rings. The first-order valence-corrected chi connectivity index (χ1v) is 14.2. The van der Waals surface area contributed by atoms with Crippen molar-refractivity contribution in [3.63, 3.8) is 0 Å². The van der Waals surface area contributed by atoms with Crippen LogP contribution in [0.4, 0.5) is 0 Å². The molecule has 4 amide bonds. The van der Waals surface area contributed by atoms with Gasteiger partial charge in [0.2, 0.25) is 5.91 Å². The SMILES string of the molecule is O=C(CCCC(C(=O)O)N1C(=O)c2ccccc2C1=O)N[C@@H]1C(=O)N2C(C(=O)O)=C(Sc3ccccc3)CS[C@@H]12. The average Bonchev–Trinajstić information content (AvgIpc) is 3.19. The molecular formula is C27H23N3O8S2. The highest BCUT2D eigenvalue weighted by Crippen LogP contribution is 2.45. The number of carboxylic acids is 2. The summed E-state index contributed by atoms with van der Waals surface area (Å²) in [6, 6.07) is 12.9. The van der Waals surface area contributed by atoms with E-state index in [2.05, 4.69) is 5.32 Å². The van der Waals surface area contributed by atoms with Crippen LogP contribution in [0.15, 0.2) is 70.1 Å². The number of nitrogens with one attached hydrogen (secondary N) is 1. The van der Waals surface area contributed by atoms with Crippen molar-refractivity contribution in [3.8, 4) is 0 Å². The molecule has 13 heteroatoms. The third kappa shape index (κ3) is 4.97. The number of β-lactam (4-membered cyclic amide) rings is 1. The van der Waals surface area contributed by atoms with Crippen LogP contribution in [-0.2, 0) is 19.2 Å². The molecule has 3 atom stereocenters. The lowest BCUT2D eigenvalue weighted by atomic mass is 10.0. The number of carboxylic acid groups (broad SMARTS) is 2. The number of hydrogen-bond acceptors (Lipinski definition) is 8. The van der Waals surface area contributed by atoms with Crippen molar-refractivity contribution in [3.05, 3.63) is 76.3 Å². The van der Waals surface area contributed by atoms with Crippen LogP contribution < -0.4 is 5.32 Å². The van der Waals surface area contributed by atoms with Crippen LogP contribution in [-0.4, -0.2) is 78.8 Å². The minimum absolute atomic E-state index is 0.0385. The van der Waals surface area contributed by atoms with E-state index in [0.717, 1.165) is 4.90 Å². The number of benzene rings is 2. The molecule has 0 aromatic heterocycles. The molecule has 2 aromatic rings. The van der Waals surface area contributed by atoms with E-state index in [1.165, 1.54) is 40.6 Å². The van der Waals surface area contributed by atoms with E-state index in [9.17, 15) is 39.0 Å².